The molecule has 0 spiro atoms. The number of amides is 1. The number of nitro benzene ring substituents is 2. The molecule has 0 aromatic heterocycles. The number of hydrogen-bond acceptors (Lipinski definition) is 9. The van der Waals surface area contributed by atoms with Crippen LogP contribution in [0.1, 0.15) is 22.3 Å². The Morgan fingerprint density at radius 1 is 0.941 bits per heavy atom. The average molecular weight is 470 g/mol. The topological polar surface area (TPSA) is 145 Å². The zero-order chi connectivity index (χ0) is 24.2. The van der Waals surface area contributed by atoms with Gasteiger partial charge in [-0.25, -0.2) is 4.79 Å². The summed E-state index contributed by atoms with van der Waals surface area (Å²) in [4.78, 5) is 50.2. The Balaban J connectivity index is 1.51. The predicted molar refractivity (Wildman–Crippen MR) is 120 cm³/mol. The van der Waals surface area contributed by atoms with Gasteiger partial charge in [0.15, 0.2) is 6.61 Å². The summed E-state index contributed by atoms with van der Waals surface area (Å²) in [5.41, 5.74) is 1.37. The molecule has 0 atom stereocenters. The smallest absolute Gasteiger partial charge is 0.341 e. The van der Waals surface area contributed by atoms with Gasteiger partial charge in [0.2, 0.25) is 0 Å². The lowest BCUT2D eigenvalue weighted by Gasteiger charge is -2.30. The third kappa shape index (κ3) is 4.81. The van der Waals surface area contributed by atoms with Crippen molar-refractivity contribution in [3.05, 3.63) is 67.8 Å². The predicted octanol–water partition coefficient (Wildman–Crippen LogP) is 2.48. The molecule has 0 unspecified atom stereocenters. The van der Waals surface area contributed by atoms with E-state index in [1.807, 2.05) is 4.90 Å². The van der Waals surface area contributed by atoms with Crippen molar-refractivity contribution in [2.45, 2.75) is 12.8 Å². The number of rotatable bonds is 6. The van der Waals surface area contributed by atoms with Gasteiger partial charge in [0.25, 0.3) is 17.3 Å². The molecule has 0 bridgehead atoms. The van der Waals surface area contributed by atoms with Gasteiger partial charge in [-0.15, -0.1) is 0 Å². The van der Waals surface area contributed by atoms with Crippen LogP contribution in [0.4, 0.5) is 22.7 Å². The minimum absolute atomic E-state index is 0.00132. The fourth-order valence-electron chi connectivity index (χ4n) is 4.12. The number of ether oxygens (including phenoxy) is 2. The van der Waals surface area contributed by atoms with Crippen LogP contribution in [-0.4, -0.2) is 61.2 Å². The van der Waals surface area contributed by atoms with E-state index in [0.717, 1.165) is 6.07 Å². The second-order valence-electron chi connectivity index (χ2n) is 7.85. The maximum atomic E-state index is 12.9. The van der Waals surface area contributed by atoms with Gasteiger partial charge in [-0.05, 0) is 30.5 Å². The molecule has 34 heavy (non-hydrogen) atoms. The number of non-ortho nitro benzene ring substituents is 2. The zero-order valence-electron chi connectivity index (χ0n) is 18.2. The molecule has 12 nitrogen and oxygen atoms in total. The molecule has 0 aliphatic carbocycles. The standard InChI is InChI=1S/C22H22N4O8/c27-21(24-7-1-2-15-12-16(25(29)30)3-5-19(15)24)14-34-22(28)18-13-17(26(31)32)4-6-20(18)23-8-10-33-11-9-23/h3-6,12-13H,1-2,7-11,14H2. The number of carbonyl (C=O) groups is 2. The first kappa shape index (κ1) is 23.1. The highest BCUT2D eigenvalue weighted by Gasteiger charge is 2.27. The Morgan fingerprint density at radius 2 is 1.59 bits per heavy atom. The normalized spacial score (nSPS) is 15.4. The van der Waals surface area contributed by atoms with Crippen molar-refractivity contribution < 1.29 is 28.9 Å². The van der Waals surface area contributed by atoms with Crippen molar-refractivity contribution in [1.82, 2.24) is 0 Å². The van der Waals surface area contributed by atoms with Crippen LogP contribution in [0.15, 0.2) is 36.4 Å². The molecular formula is C22H22N4O8. The highest BCUT2D eigenvalue weighted by atomic mass is 16.6. The van der Waals surface area contributed by atoms with Gasteiger partial charge in [-0.1, -0.05) is 0 Å². The molecule has 1 saturated heterocycles. The molecule has 0 N–H and O–H groups in total. The SMILES string of the molecule is O=C(OCC(=O)N1CCCc2cc([N+](=O)[O-])ccc21)c1cc([N+](=O)[O-])ccc1N1CCOCC1. The Labute approximate surface area is 194 Å². The third-order valence-electron chi connectivity index (χ3n) is 5.78. The summed E-state index contributed by atoms with van der Waals surface area (Å²) in [6.45, 7) is 1.74. The van der Waals surface area contributed by atoms with Crippen molar-refractivity contribution >= 4 is 34.6 Å². The highest BCUT2D eigenvalue weighted by Crippen LogP contribution is 2.31. The summed E-state index contributed by atoms with van der Waals surface area (Å²) in [6, 6.07) is 8.25. The number of esters is 1. The van der Waals surface area contributed by atoms with E-state index < -0.39 is 28.3 Å². The molecule has 2 aliphatic rings. The summed E-state index contributed by atoms with van der Waals surface area (Å²) in [5.74, 6) is -1.33. The van der Waals surface area contributed by atoms with Gasteiger partial charge in [0.05, 0.1) is 34.3 Å². The summed E-state index contributed by atoms with van der Waals surface area (Å²) in [7, 11) is 0. The van der Waals surface area contributed by atoms with Crippen LogP contribution in [0, 0.1) is 20.2 Å². The van der Waals surface area contributed by atoms with Crippen LogP contribution in [0.3, 0.4) is 0 Å². The van der Waals surface area contributed by atoms with Crippen molar-refractivity contribution in [2.24, 2.45) is 0 Å². The number of fused-ring (bicyclic) bond motifs is 1. The summed E-state index contributed by atoms with van der Waals surface area (Å²) >= 11 is 0. The second-order valence-corrected chi connectivity index (χ2v) is 7.85. The fraction of sp³-hybridized carbons (Fsp3) is 0.364. The summed E-state index contributed by atoms with van der Waals surface area (Å²) < 4.78 is 10.6. The summed E-state index contributed by atoms with van der Waals surface area (Å²) in [5, 5.41) is 22.3. The number of benzene rings is 2. The first-order valence-corrected chi connectivity index (χ1v) is 10.7. The average Bonchev–Trinajstić information content (AvgIpc) is 2.86. The minimum Gasteiger partial charge on any atom is -0.452 e. The molecule has 178 valence electrons. The highest BCUT2D eigenvalue weighted by molar-refractivity contribution is 6.00. The maximum Gasteiger partial charge on any atom is 0.341 e. The first-order chi connectivity index (χ1) is 16.3. The van der Waals surface area contributed by atoms with E-state index in [2.05, 4.69) is 0 Å². The number of morpholine rings is 1. The Hall–Kier alpha value is -4.06. The third-order valence-corrected chi connectivity index (χ3v) is 5.78. The van der Waals surface area contributed by atoms with Crippen LogP contribution < -0.4 is 9.80 Å². The van der Waals surface area contributed by atoms with Crippen molar-refractivity contribution in [2.75, 3.05) is 49.3 Å². The van der Waals surface area contributed by atoms with E-state index >= 15 is 0 Å². The van der Waals surface area contributed by atoms with E-state index in [-0.39, 0.29) is 16.9 Å². The fourth-order valence-corrected chi connectivity index (χ4v) is 4.12. The quantitative estimate of drug-likeness (QED) is 0.353. The molecule has 0 radical (unpaired) electrons. The van der Waals surface area contributed by atoms with Crippen LogP contribution >= 0.6 is 0 Å². The van der Waals surface area contributed by atoms with Crippen LogP contribution in [0.25, 0.3) is 0 Å². The first-order valence-electron chi connectivity index (χ1n) is 10.7. The number of anilines is 2. The van der Waals surface area contributed by atoms with Crippen LogP contribution in [0.2, 0.25) is 0 Å². The van der Waals surface area contributed by atoms with Gasteiger partial charge in [-0.3, -0.25) is 25.0 Å². The molecule has 2 heterocycles. The van der Waals surface area contributed by atoms with E-state index in [4.69, 9.17) is 9.47 Å². The molecule has 12 heteroatoms. The second kappa shape index (κ2) is 9.83. The Bertz CT molecular complexity index is 1150. The lowest BCUT2D eigenvalue weighted by atomic mass is 10.0. The largest absolute Gasteiger partial charge is 0.452 e. The number of carbonyl (C=O) groups excluding carboxylic acids is 2. The Kier molecular flexibility index (Phi) is 6.68. The van der Waals surface area contributed by atoms with Crippen molar-refractivity contribution in [1.29, 1.82) is 0 Å². The molecular weight excluding hydrogens is 448 g/mol. The van der Waals surface area contributed by atoms with E-state index in [0.29, 0.717) is 62.6 Å². The number of aryl methyl sites for hydroxylation is 1. The number of nitrogens with zero attached hydrogens (tertiary/aromatic N) is 4. The monoisotopic (exact) mass is 470 g/mol. The van der Waals surface area contributed by atoms with E-state index in [1.165, 1.54) is 35.2 Å². The molecule has 0 saturated carbocycles. The van der Waals surface area contributed by atoms with Gasteiger partial charge < -0.3 is 19.3 Å². The van der Waals surface area contributed by atoms with Crippen molar-refractivity contribution in [3.8, 4) is 0 Å². The van der Waals surface area contributed by atoms with E-state index in [1.54, 1.807) is 0 Å². The molecule has 1 amide bonds. The van der Waals surface area contributed by atoms with Gasteiger partial charge >= 0.3 is 5.97 Å². The minimum atomic E-state index is -0.848. The van der Waals surface area contributed by atoms with Crippen molar-refractivity contribution in [3.63, 3.8) is 0 Å². The maximum absolute atomic E-state index is 12.9. The molecule has 2 aromatic carbocycles. The molecule has 1 fully saturated rings. The lowest BCUT2D eigenvalue weighted by Crippen LogP contribution is -2.39. The van der Waals surface area contributed by atoms with Gasteiger partial charge in [0.1, 0.15) is 0 Å². The number of hydrogen-bond donors (Lipinski definition) is 0. The lowest BCUT2D eigenvalue weighted by molar-refractivity contribution is -0.385. The summed E-state index contributed by atoms with van der Waals surface area (Å²) in [6.07, 6.45) is 1.21. The number of nitro groups is 2. The molecule has 2 aromatic rings. The van der Waals surface area contributed by atoms with E-state index in [9.17, 15) is 29.8 Å². The van der Waals surface area contributed by atoms with Crippen LogP contribution in [-0.2, 0) is 20.7 Å². The molecule has 4 rings (SSSR count). The van der Waals surface area contributed by atoms with Gasteiger partial charge in [0, 0.05) is 49.6 Å². The van der Waals surface area contributed by atoms with Crippen LogP contribution in [0.5, 0.6) is 0 Å². The molecule has 2 aliphatic heterocycles. The zero-order valence-corrected chi connectivity index (χ0v) is 18.2. The van der Waals surface area contributed by atoms with Gasteiger partial charge in [-0.2, -0.15) is 0 Å². The Morgan fingerprint density at radius 3 is 2.26 bits per heavy atom.